The zero-order chi connectivity index (χ0) is 12.3. The molecule has 0 aliphatic carbocycles. The predicted octanol–water partition coefficient (Wildman–Crippen LogP) is 2.68. The fourth-order valence-corrected chi connectivity index (χ4v) is 1.71. The number of aromatic nitrogens is 1. The van der Waals surface area contributed by atoms with Crippen molar-refractivity contribution in [2.45, 2.75) is 12.5 Å². The van der Waals surface area contributed by atoms with E-state index in [1.807, 2.05) is 18.2 Å². The number of hydrogen-bond acceptors (Lipinski definition) is 3. The lowest BCUT2D eigenvalue weighted by molar-refractivity contribution is 0.475. The van der Waals surface area contributed by atoms with Crippen molar-refractivity contribution in [1.82, 2.24) is 4.98 Å². The van der Waals surface area contributed by atoms with Crippen LogP contribution in [0.1, 0.15) is 17.3 Å². The molecule has 1 aromatic heterocycles. The van der Waals surface area contributed by atoms with E-state index in [1.54, 1.807) is 24.4 Å². The maximum Gasteiger partial charge on any atom is 0.115 e. The lowest BCUT2D eigenvalue weighted by Crippen LogP contribution is -2.14. The van der Waals surface area contributed by atoms with E-state index in [1.165, 1.54) is 0 Å². The van der Waals surface area contributed by atoms with E-state index < -0.39 is 0 Å². The van der Waals surface area contributed by atoms with E-state index in [2.05, 4.69) is 4.98 Å². The molecule has 0 fully saturated rings. The van der Waals surface area contributed by atoms with Crippen LogP contribution in [0.3, 0.4) is 0 Å². The number of phenolic OH excluding ortho intramolecular Hbond substituents is 1. The van der Waals surface area contributed by atoms with Gasteiger partial charge in [-0.2, -0.15) is 0 Å². The van der Waals surface area contributed by atoms with Crippen LogP contribution in [0.4, 0.5) is 0 Å². The van der Waals surface area contributed by atoms with Crippen molar-refractivity contribution in [3.8, 4) is 5.75 Å². The van der Waals surface area contributed by atoms with Gasteiger partial charge >= 0.3 is 0 Å². The van der Waals surface area contributed by atoms with Crippen LogP contribution in [0.15, 0.2) is 42.6 Å². The van der Waals surface area contributed by atoms with Crippen LogP contribution in [0, 0.1) is 0 Å². The second kappa shape index (κ2) is 5.17. The summed E-state index contributed by atoms with van der Waals surface area (Å²) in [5, 5.41) is 9.78. The maximum absolute atomic E-state index is 9.18. The number of aromatic hydroxyl groups is 1. The first-order valence-electron chi connectivity index (χ1n) is 5.30. The molecule has 3 nitrogen and oxygen atoms in total. The Morgan fingerprint density at radius 1 is 1.18 bits per heavy atom. The number of phenols is 1. The molecule has 4 heteroatoms. The van der Waals surface area contributed by atoms with E-state index >= 15 is 0 Å². The Bertz CT molecular complexity index is 482. The first-order chi connectivity index (χ1) is 8.15. The minimum absolute atomic E-state index is 0.170. The van der Waals surface area contributed by atoms with Gasteiger partial charge in [0.25, 0.3) is 0 Å². The van der Waals surface area contributed by atoms with E-state index in [0.29, 0.717) is 11.4 Å². The van der Waals surface area contributed by atoms with Crippen molar-refractivity contribution in [2.75, 3.05) is 0 Å². The van der Waals surface area contributed by atoms with Gasteiger partial charge in [0.15, 0.2) is 0 Å². The van der Waals surface area contributed by atoms with Gasteiger partial charge in [-0.25, -0.2) is 0 Å². The zero-order valence-electron chi connectivity index (χ0n) is 9.18. The molecule has 0 spiro atoms. The largest absolute Gasteiger partial charge is 0.508 e. The summed E-state index contributed by atoms with van der Waals surface area (Å²) < 4.78 is 0. The number of hydrogen-bond donors (Lipinski definition) is 2. The summed E-state index contributed by atoms with van der Waals surface area (Å²) in [6.07, 6.45) is 2.27. The topological polar surface area (TPSA) is 59.1 Å². The fourth-order valence-electron chi connectivity index (χ4n) is 1.60. The average Bonchev–Trinajstić information content (AvgIpc) is 2.33. The van der Waals surface area contributed by atoms with E-state index in [9.17, 15) is 5.11 Å². The minimum atomic E-state index is -0.170. The maximum atomic E-state index is 9.18. The van der Waals surface area contributed by atoms with Crippen LogP contribution in [0.5, 0.6) is 5.75 Å². The van der Waals surface area contributed by atoms with Crippen LogP contribution in [0.2, 0.25) is 5.02 Å². The molecule has 3 N–H and O–H groups in total. The summed E-state index contributed by atoms with van der Waals surface area (Å²) >= 11 is 5.76. The summed E-state index contributed by atoms with van der Waals surface area (Å²) in [5.41, 5.74) is 7.92. The Hall–Kier alpha value is -1.58. The minimum Gasteiger partial charge on any atom is -0.508 e. The van der Waals surface area contributed by atoms with Crippen molar-refractivity contribution in [3.63, 3.8) is 0 Å². The number of rotatable bonds is 3. The van der Waals surface area contributed by atoms with E-state index in [-0.39, 0.29) is 11.8 Å². The average molecular weight is 249 g/mol. The zero-order valence-corrected chi connectivity index (χ0v) is 9.93. The molecule has 2 aromatic rings. The molecule has 1 unspecified atom stereocenters. The number of halogens is 1. The molecule has 1 aromatic carbocycles. The Labute approximate surface area is 105 Å². The van der Waals surface area contributed by atoms with Gasteiger partial charge in [-0.3, -0.25) is 4.98 Å². The van der Waals surface area contributed by atoms with E-state index in [0.717, 1.165) is 11.3 Å². The molecule has 0 saturated carbocycles. The Morgan fingerprint density at radius 2 is 1.88 bits per heavy atom. The second-order valence-electron chi connectivity index (χ2n) is 3.88. The van der Waals surface area contributed by atoms with Crippen LogP contribution in [-0.4, -0.2) is 10.1 Å². The summed E-state index contributed by atoms with van der Waals surface area (Å²) in [6.45, 7) is 0. The molecule has 1 heterocycles. The van der Waals surface area contributed by atoms with Crippen molar-refractivity contribution in [3.05, 3.63) is 58.9 Å². The molecule has 17 heavy (non-hydrogen) atoms. The standard InChI is InChI=1S/C13H13ClN2O/c14-10-3-6-13(16-8-10)12(15)7-9-1-4-11(17)5-2-9/h1-6,8,12,17H,7,15H2. The molecular formula is C13H13ClN2O. The summed E-state index contributed by atoms with van der Waals surface area (Å²) in [5.74, 6) is 0.256. The lowest BCUT2D eigenvalue weighted by atomic mass is 10.0. The van der Waals surface area contributed by atoms with Crippen molar-refractivity contribution in [2.24, 2.45) is 5.73 Å². The third-order valence-electron chi connectivity index (χ3n) is 2.52. The van der Waals surface area contributed by atoms with Crippen molar-refractivity contribution >= 4 is 11.6 Å². The van der Waals surface area contributed by atoms with Crippen molar-refractivity contribution in [1.29, 1.82) is 0 Å². The SMILES string of the molecule is NC(Cc1ccc(O)cc1)c1ccc(Cl)cn1. The first kappa shape index (κ1) is 11.9. The van der Waals surface area contributed by atoms with Crippen LogP contribution >= 0.6 is 11.6 Å². The monoisotopic (exact) mass is 248 g/mol. The molecule has 0 amide bonds. The number of pyridine rings is 1. The quantitative estimate of drug-likeness (QED) is 0.878. The molecule has 0 aliphatic heterocycles. The van der Waals surface area contributed by atoms with Gasteiger partial charge in [0.1, 0.15) is 5.75 Å². The predicted molar refractivity (Wildman–Crippen MR) is 68.0 cm³/mol. The van der Waals surface area contributed by atoms with Crippen LogP contribution < -0.4 is 5.73 Å². The summed E-state index contributed by atoms with van der Waals surface area (Å²) in [6, 6.07) is 10.4. The first-order valence-corrected chi connectivity index (χ1v) is 5.68. The Morgan fingerprint density at radius 3 is 2.47 bits per heavy atom. The third-order valence-corrected chi connectivity index (χ3v) is 2.75. The van der Waals surface area contributed by atoms with Gasteiger partial charge in [0.05, 0.1) is 16.8 Å². The van der Waals surface area contributed by atoms with Gasteiger partial charge in [0, 0.05) is 6.20 Å². The molecule has 0 aliphatic rings. The normalized spacial score (nSPS) is 12.4. The highest BCUT2D eigenvalue weighted by molar-refractivity contribution is 6.30. The number of nitrogens with zero attached hydrogens (tertiary/aromatic N) is 1. The molecule has 88 valence electrons. The Balaban J connectivity index is 2.08. The second-order valence-corrected chi connectivity index (χ2v) is 4.31. The number of benzene rings is 1. The summed E-state index contributed by atoms with van der Waals surface area (Å²) in [4.78, 5) is 4.19. The number of nitrogens with two attached hydrogens (primary N) is 1. The van der Waals surface area contributed by atoms with Crippen molar-refractivity contribution < 1.29 is 5.11 Å². The highest BCUT2D eigenvalue weighted by atomic mass is 35.5. The fraction of sp³-hybridized carbons (Fsp3) is 0.154. The third kappa shape index (κ3) is 3.19. The molecule has 2 rings (SSSR count). The van der Waals surface area contributed by atoms with Gasteiger partial charge in [-0.1, -0.05) is 23.7 Å². The highest BCUT2D eigenvalue weighted by Crippen LogP contribution is 2.17. The van der Waals surface area contributed by atoms with Gasteiger partial charge < -0.3 is 10.8 Å². The van der Waals surface area contributed by atoms with Gasteiger partial charge in [-0.15, -0.1) is 0 Å². The molecule has 0 radical (unpaired) electrons. The van der Waals surface area contributed by atoms with Gasteiger partial charge in [-0.05, 0) is 36.2 Å². The smallest absolute Gasteiger partial charge is 0.115 e. The highest BCUT2D eigenvalue weighted by Gasteiger charge is 2.08. The van der Waals surface area contributed by atoms with E-state index in [4.69, 9.17) is 17.3 Å². The molecule has 0 bridgehead atoms. The van der Waals surface area contributed by atoms with Crippen LogP contribution in [0.25, 0.3) is 0 Å². The van der Waals surface area contributed by atoms with Crippen LogP contribution in [-0.2, 0) is 6.42 Å². The van der Waals surface area contributed by atoms with Gasteiger partial charge in [0.2, 0.25) is 0 Å². The summed E-state index contributed by atoms with van der Waals surface area (Å²) in [7, 11) is 0. The molecular weight excluding hydrogens is 236 g/mol. The molecule has 0 saturated heterocycles. The Kier molecular flexibility index (Phi) is 3.61. The lowest BCUT2D eigenvalue weighted by Gasteiger charge is -2.11. The molecule has 1 atom stereocenters.